The van der Waals surface area contributed by atoms with Crippen LogP contribution in [0.4, 0.5) is 0 Å². The molecule has 0 amide bonds. The number of aliphatic hydroxyl groups is 1. The molecule has 3 unspecified atom stereocenters. The molecule has 5 aromatic rings. The molecule has 5 aromatic carbocycles. The van der Waals surface area contributed by atoms with Gasteiger partial charge in [-0.05, 0) is 70.3 Å². The number of carboxylic acids is 1. The summed E-state index contributed by atoms with van der Waals surface area (Å²) in [5.41, 5.74) is 5.69. The molecule has 1 aliphatic rings. The molecule has 3 N–H and O–H groups in total. The molecule has 1 fully saturated rings. The van der Waals surface area contributed by atoms with Crippen LogP contribution in [0.1, 0.15) is 51.4 Å². The Balaban J connectivity index is 1.16. The Morgan fingerprint density at radius 1 is 0.771 bits per heavy atom. The minimum atomic E-state index is -3.62. The number of ether oxygens (including phenoxy) is 2. The number of hydrogen-bond donors (Lipinski definition) is 3. The summed E-state index contributed by atoms with van der Waals surface area (Å²) in [6.07, 6.45) is -0.360. The van der Waals surface area contributed by atoms with Crippen LogP contribution >= 0.6 is 11.8 Å². The highest BCUT2D eigenvalue weighted by molar-refractivity contribution is 7.99. The summed E-state index contributed by atoms with van der Waals surface area (Å²) in [4.78, 5) is 12.4. The second-order valence-corrected chi connectivity index (χ2v) is 14.3. The molecule has 6 rings (SSSR count). The number of aromatic carboxylic acids is 1. The molecule has 0 spiro atoms. The zero-order valence-electron chi connectivity index (χ0n) is 25.9. The van der Waals surface area contributed by atoms with Crippen LogP contribution in [-0.4, -0.2) is 36.5 Å². The Bertz CT molecular complexity index is 1930. The third-order valence-electron chi connectivity index (χ3n) is 8.12. The van der Waals surface area contributed by atoms with Crippen LogP contribution in [-0.2, 0) is 32.6 Å². The van der Waals surface area contributed by atoms with Crippen molar-refractivity contribution < 1.29 is 32.9 Å². The van der Waals surface area contributed by atoms with E-state index in [1.54, 1.807) is 54.2 Å². The first-order valence-corrected chi connectivity index (χ1v) is 17.9. The van der Waals surface area contributed by atoms with Gasteiger partial charge in [0.15, 0.2) is 6.29 Å². The topological polar surface area (TPSA) is 122 Å². The Kier molecular flexibility index (Phi) is 10.7. The van der Waals surface area contributed by atoms with Crippen LogP contribution in [0.15, 0.2) is 137 Å². The standard InChI is InChI=1S/C38H35NO7S2/c40-24-26-9-11-29(12-10-26)36-22-33(25-47-34-19-17-30(18-20-34)37(41)42)45-38(46-36)31-15-13-28(14-16-31)32-6-4-5-27(21-32)23-39-48(43,44)35-7-2-1-3-8-35/h1-21,33,36,38-40H,22-25H2,(H,41,42). The van der Waals surface area contributed by atoms with E-state index in [4.69, 9.17) is 9.47 Å². The van der Waals surface area contributed by atoms with Crippen LogP contribution in [0.5, 0.6) is 0 Å². The molecule has 0 saturated carbocycles. The van der Waals surface area contributed by atoms with Crippen LogP contribution in [0.2, 0.25) is 0 Å². The van der Waals surface area contributed by atoms with Gasteiger partial charge < -0.3 is 19.7 Å². The summed E-state index contributed by atoms with van der Waals surface area (Å²) in [5.74, 6) is -0.307. The second-order valence-electron chi connectivity index (χ2n) is 11.5. The lowest BCUT2D eigenvalue weighted by molar-refractivity contribution is -0.245. The maximum absolute atomic E-state index is 12.7. The number of benzene rings is 5. The first kappa shape index (κ1) is 33.6. The summed E-state index contributed by atoms with van der Waals surface area (Å²) in [5, 5.41) is 18.7. The van der Waals surface area contributed by atoms with Gasteiger partial charge in [0.1, 0.15) is 0 Å². The minimum Gasteiger partial charge on any atom is -0.478 e. The van der Waals surface area contributed by atoms with Gasteiger partial charge in [0.25, 0.3) is 0 Å². The second kappa shape index (κ2) is 15.3. The summed E-state index contributed by atoms with van der Waals surface area (Å²) in [7, 11) is -3.62. The molecular weight excluding hydrogens is 647 g/mol. The van der Waals surface area contributed by atoms with Crippen molar-refractivity contribution in [3.05, 3.63) is 155 Å². The van der Waals surface area contributed by atoms with Crippen LogP contribution in [0, 0.1) is 0 Å². The quantitative estimate of drug-likeness (QED) is 0.117. The highest BCUT2D eigenvalue weighted by Crippen LogP contribution is 2.40. The van der Waals surface area contributed by atoms with E-state index in [0.29, 0.717) is 12.2 Å². The third-order valence-corrected chi connectivity index (χ3v) is 10.7. The van der Waals surface area contributed by atoms with Crippen LogP contribution in [0.25, 0.3) is 11.1 Å². The van der Waals surface area contributed by atoms with Gasteiger partial charge in [0.2, 0.25) is 10.0 Å². The van der Waals surface area contributed by atoms with Gasteiger partial charge in [-0.15, -0.1) is 11.8 Å². The maximum Gasteiger partial charge on any atom is 0.335 e. The number of aliphatic hydroxyl groups excluding tert-OH is 1. The predicted octanol–water partition coefficient (Wildman–Crippen LogP) is 7.36. The molecule has 0 aliphatic carbocycles. The Morgan fingerprint density at radius 2 is 1.48 bits per heavy atom. The van der Waals surface area contributed by atoms with E-state index >= 15 is 0 Å². The van der Waals surface area contributed by atoms with Crippen molar-refractivity contribution in [2.45, 2.75) is 47.9 Å². The fraction of sp³-hybridized carbons (Fsp3) is 0.184. The van der Waals surface area contributed by atoms with Crippen molar-refractivity contribution in [1.29, 1.82) is 0 Å². The average Bonchev–Trinajstić information content (AvgIpc) is 3.14. The van der Waals surface area contributed by atoms with E-state index in [0.717, 1.165) is 38.3 Å². The SMILES string of the molecule is O=C(O)c1ccc(SCC2CC(c3ccc(CO)cc3)OC(c3ccc(-c4cccc(CNS(=O)(=O)c5ccccc5)c4)cc3)O2)cc1. The Hall–Kier alpha value is -4.29. The molecule has 1 aliphatic heterocycles. The number of carbonyl (C=O) groups is 1. The van der Waals surface area contributed by atoms with E-state index < -0.39 is 22.3 Å². The van der Waals surface area contributed by atoms with E-state index in [9.17, 15) is 23.4 Å². The summed E-state index contributed by atoms with van der Waals surface area (Å²) < 4.78 is 41.0. The lowest BCUT2D eigenvalue weighted by Crippen LogP contribution is -2.31. The molecule has 0 radical (unpaired) electrons. The van der Waals surface area contributed by atoms with E-state index in [2.05, 4.69) is 4.72 Å². The summed E-state index contributed by atoms with van der Waals surface area (Å²) >= 11 is 1.60. The number of rotatable bonds is 12. The van der Waals surface area contributed by atoms with Gasteiger partial charge in [0.05, 0.1) is 29.3 Å². The molecule has 48 heavy (non-hydrogen) atoms. The lowest BCUT2D eigenvalue weighted by Gasteiger charge is -2.36. The first-order chi connectivity index (χ1) is 23.3. The van der Waals surface area contributed by atoms with Crippen molar-refractivity contribution in [3.63, 3.8) is 0 Å². The number of hydrogen-bond acceptors (Lipinski definition) is 7. The summed E-state index contributed by atoms with van der Waals surface area (Å²) in [6.45, 7) is 0.132. The zero-order chi connectivity index (χ0) is 33.5. The first-order valence-electron chi connectivity index (χ1n) is 15.5. The summed E-state index contributed by atoms with van der Waals surface area (Å²) in [6, 6.07) is 38.6. The number of sulfonamides is 1. The fourth-order valence-electron chi connectivity index (χ4n) is 5.46. The number of nitrogens with one attached hydrogen (secondary N) is 1. The Labute approximate surface area is 284 Å². The van der Waals surface area contributed by atoms with Crippen molar-refractivity contribution in [1.82, 2.24) is 4.72 Å². The van der Waals surface area contributed by atoms with Crippen molar-refractivity contribution in [2.24, 2.45) is 0 Å². The highest BCUT2D eigenvalue weighted by atomic mass is 32.2. The van der Waals surface area contributed by atoms with Crippen LogP contribution in [0.3, 0.4) is 0 Å². The van der Waals surface area contributed by atoms with E-state index in [1.807, 2.05) is 84.9 Å². The predicted molar refractivity (Wildman–Crippen MR) is 185 cm³/mol. The average molecular weight is 682 g/mol. The van der Waals surface area contributed by atoms with Gasteiger partial charge in [0, 0.05) is 29.2 Å². The molecule has 3 atom stereocenters. The van der Waals surface area contributed by atoms with Gasteiger partial charge in [-0.1, -0.05) is 84.9 Å². The van der Waals surface area contributed by atoms with Crippen molar-refractivity contribution in [3.8, 4) is 11.1 Å². The third kappa shape index (κ3) is 8.40. The molecular formula is C38H35NO7S2. The van der Waals surface area contributed by atoms with E-state index in [1.165, 1.54) is 0 Å². The largest absolute Gasteiger partial charge is 0.478 e. The normalized spacial score (nSPS) is 18.0. The molecule has 1 saturated heterocycles. The molecule has 10 heteroatoms. The molecule has 1 heterocycles. The van der Waals surface area contributed by atoms with Crippen molar-refractivity contribution >= 4 is 27.8 Å². The fourth-order valence-corrected chi connectivity index (χ4v) is 7.42. The maximum atomic E-state index is 12.7. The molecule has 0 bridgehead atoms. The zero-order valence-corrected chi connectivity index (χ0v) is 27.6. The monoisotopic (exact) mass is 681 g/mol. The molecule has 246 valence electrons. The van der Waals surface area contributed by atoms with Gasteiger partial charge in [-0.2, -0.15) is 0 Å². The Morgan fingerprint density at radius 3 is 2.17 bits per heavy atom. The van der Waals surface area contributed by atoms with Gasteiger partial charge >= 0.3 is 5.97 Å². The molecule has 0 aromatic heterocycles. The van der Waals surface area contributed by atoms with E-state index in [-0.39, 0.29) is 35.8 Å². The van der Waals surface area contributed by atoms with Crippen molar-refractivity contribution in [2.75, 3.05) is 5.75 Å². The smallest absolute Gasteiger partial charge is 0.335 e. The van der Waals surface area contributed by atoms with Crippen LogP contribution < -0.4 is 4.72 Å². The molecule has 8 nitrogen and oxygen atoms in total. The lowest BCUT2D eigenvalue weighted by atomic mass is 9.99. The van der Waals surface area contributed by atoms with Gasteiger partial charge in [-0.25, -0.2) is 17.9 Å². The highest BCUT2D eigenvalue weighted by Gasteiger charge is 2.32. The number of thioether (sulfide) groups is 1. The minimum absolute atomic E-state index is 0.0317. The number of carboxylic acid groups (broad SMARTS) is 1. The van der Waals surface area contributed by atoms with Gasteiger partial charge in [-0.3, -0.25) is 0 Å².